The SMILES string of the molecule is COc1cc(N2C(=O)c3c(cccc3[Si](C)(C)C)C2O)cc(OC)c1OC. The quantitative estimate of drug-likeness (QED) is 0.799. The van der Waals surface area contributed by atoms with Crippen LogP contribution in [0.4, 0.5) is 5.69 Å². The number of carbonyl (C=O) groups excluding carboxylic acids is 1. The van der Waals surface area contributed by atoms with Crippen molar-refractivity contribution >= 4 is 24.9 Å². The van der Waals surface area contributed by atoms with Gasteiger partial charge in [-0.05, 0) is 5.19 Å². The van der Waals surface area contributed by atoms with Crippen LogP contribution in [0.2, 0.25) is 19.6 Å². The third-order valence-electron chi connectivity index (χ3n) is 4.79. The molecule has 144 valence electrons. The fourth-order valence-corrected chi connectivity index (χ4v) is 5.08. The summed E-state index contributed by atoms with van der Waals surface area (Å²) < 4.78 is 16.1. The van der Waals surface area contributed by atoms with Crippen LogP contribution in [0.3, 0.4) is 0 Å². The molecule has 0 radical (unpaired) electrons. The minimum atomic E-state index is -1.77. The van der Waals surface area contributed by atoms with Gasteiger partial charge in [0.15, 0.2) is 17.7 Å². The van der Waals surface area contributed by atoms with Crippen molar-refractivity contribution in [2.45, 2.75) is 25.9 Å². The third kappa shape index (κ3) is 3.06. The van der Waals surface area contributed by atoms with Gasteiger partial charge in [0.1, 0.15) is 0 Å². The summed E-state index contributed by atoms with van der Waals surface area (Å²) >= 11 is 0. The van der Waals surface area contributed by atoms with Crippen LogP contribution in [-0.4, -0.2) is 40.4 Å². The summed E-state index contributed by atoms with van der Waals surface area (Å²) in [6.07, 6.45) is -1.06. The minimum Gasteiger partial charge on any atom is -0.493 e. The molecule has 2 aromatic carbocycles. The van der Waals surface area contributed by atoms with Gasteiger partial charge in [0.25, 0.3) is 5.91 Å². The maximum Gasteiger partial charge on any atom is 0.261 e. The maximum absolute atomic E-state index is 13.3. The van der Waals surface area contributed by atoms with Crippen molar-refractivity contribution in [2.75, 3.05) is 26.2 Å². The van der Waals surface area contributed by atoms with Gasteiger partial charge in [-0.25, -0.2) is 0 Å². The Bertz CT molecular complexity index is 865. The molecule has 0 aromatic heterocycles. The molecule has 0 aliphatic carbocycles. The normalized spacial score (nSPS) is 16.3. The highest BCUT2D eigenvalue weighted by Gasteiger charge is 2.41. The topological polar surface area (TPSA) is 68.2 Å². The van der Waals surface area contributed by atoms with Crippen molar-refractivity contribution in [1.82, 2.24) is 0 Å². The first-order valence-electron chi connectivity index (χ1n) is 8.69. The third-order valence-corrected chi connectivity index (χ3v) is 6.82. The Kier molecular flexibility index (Phi) is 4.92. The second-order valence-electron chi connectivity index (χ2n) is 7.45. The van der Waals surface area contributed by atoms with Crippen LogP contribution in [0.25, 0.3) is 0 Å². The standard InChI is InChI=1S/C20H25NO5Si/c1-24-14-10-12(11-15(25-2)18(14)26-3)21-19(22)13-8-7-9-16(27(4,5)6)17(13)20(21)23/h7-11,19,22H,1-6H3. The van der Waals surface area contributed by atoms with Crippen LogP contribution in [0, 0.1) is 0 Å². The van der Waals surface area contributed by atoms with Crippen LogP contribution in [0.15, 0.2) is 30.3 Å². The van der Waals surface area contributed by atoms with E-state index in [0.717, 1.165) is 5.19 Å². The van der Waals surface area contributed by atoms with Crippen LogP contribution >= 0.6 is 0 Å². The summed E-state index contributed by atoms with van der Waals surface area (Å²) in [7, 11) is 2.78. The molecular weight excluding hydrogens is 362 g/mol. The van der Waals surface area contributed by atoms with Crippen LogP contribution < -0.4 is 24.3 Å². The van der Waals surface area contributed by atoms with E-state index in [-0.39, 0.29) is 5.91 Å². The van der Waals surface area contributed by atoms with Gasteiger partial charge in [-0.1, -0.05) is 37.8 Å². The number of aliphatic hydroxyl groups is 1. The van der Waals surface area contributed by atoms with Crippen LogP contribution in [0.1, 0.15) is 22.1 Å². The molecule has 0 saturated carbocycles. The highest BCUT2D eigenvalue weighted by atomic mass is 28.3. The zero-order chi connectivity index (χ0) is 19.9. The largest absolute Gasteiger partial charge is 0.493 e. The predicted octanol–water partition coefficient (Wildman–Crippen LogP) is 2.91. The maximum atomic E-state index is 13.3. The lowest BCUT2D eigenvalue weighted by molar-refractivity contribution is 0.0935. The Morgan fingerprint density at radius 2 is 1.59 bits per heavy atom. The molecule has 27 heavy (non-hydrogen) atoms. The Labute approximate surface area is 160 Å². The molecule has 2 aromatic rings. The first-order chi connectivity index (χ1) is 12.7. The number of ether oxygens (including phenoxy) is 3. The number of benzene rings is 2. The fourth-order valence-electron chi connectivity index (χ4n) is 3.48. The molecule has 6 nitrogen and oxygen atoms in total. The van der Waals surface area contributed by atoms with Gasteiger partial charge in [0.2, 0.25) is 5.75 Å². The van der Waals surface area contributed by atoms with E-state index in [1.54, 1.807) is 18.2 Å². The van der Waals surface area contributed by atoms with E-state index in [1.807, 2.05) is 12.1 Å². The van der Waals surface area contributed by atoms with Crippen LogP contribution in [-0.2, 0) is 0 Å². The predicted molar refractivity (Wildman–Crippen MR) is 107 cm³/mol. The van der Waals surface area contributed by atoms with Crippen molar-refractivity contribution < 1.29 is 24.1 Å². The van der Waals surface area contributed by atoms with E-state index < -0.39 is 14.3 Å². The molecule has 1 heterocycles. The molecule has 1 amide bonds. The number of fused-ring (bicyclic) bond motifs is 1. The van der Waals surface area contributed by atoms with Gasteiger partial charge in [0, 0.05) is 23.3 Å². The zero-order valence-corrected chi connectivity index (χ0v) is 17.5. The second kappa shape index (κ2) is 6.90. The number of amides is 1. The fraction of sp³-hybridized carbons (Fsp3) is 0.350. The number of hydrogen-bond acceptors (Lipinski definition) is 5. The van der Waals surface area contributed by atoms with Gasteiger partial charge < -0.3 is 19.3 Å². The Hall–Kier alpha value is -2.51. The summed E-state index contributed by atoms with van der Waals surface area (Å²) in [5.41, 5.74) is 1.73. The lowest BCUT2D eigenvalue weighted by Crippen LogP contribution is -2.42. The number of anilines is 1. The smallest absolute Gasteiger partial charge is 0.261 e. The highest BCUT2D eigenvalue weighted by molar-refractivity contribution is 6.89. The average Bonchev–Trinajstić information content (AvgIpc) is 2.90. The number of aliphatic hydroxyl groups excluding tert-OH is 1. The molecule has 0 saturated heterocycles. The molecule has 1 atom stereocenters. The summed E-state index contributed by atoms with van der Waals surface area (Å²) in [5.74, 6) is 1.07. The minimum absolute atomic E-state index is 0.218. The first-order valence-corrected chi connectivity index (χ1v) is 12.2. The van der Waals surface area contributed by atoms with Gasteiger partial charge >= 0.3 is 0 Å². The van der Waals surface area contributed by atoms with Crippen molar-refractivity contribution in [2.24, 2.45) is 0 Å². The van der Waals surface area contributed by atoms with E-state index in [0.29, 0.717) is 34.1 Å². The van der Waals surface area contributed by atoms with Crippen molar-refractivity contribution in [3.8, 4) is 17.2 Å². The van der Waals surface area contributed by atoms with E-state index in [9.17, 15) is 9.90 Å². The van der Waals surface area contributed by atoms with E-state index in [1.165, 1.54) is 26.2 Å². The molecule has 0 bridgehead atoms. The molecule has 7 heteroatoms. The first kappa shape index (κ1) is 19.3. The van der Waals surface area contributed by atoms with Crippen LogP contribution in [0.5, 0.6) is 17.2 Å². The molecule has 3 rings (SSSR count). The monoisotopic (exact) mass is 387 g/mol. The van der Waals surface area contributed by atoms with E-state index >= 15 is 0 Å². The molecule has 0 fully saturated rings. The molecule has 1 aliphatic rings. The Balaban J connectivity index is 2.16. The van der Waals surface area contributed by atoms with Crippen molar-refractivity contribution in [3.63, 3.8) is 0 Å². The molecule has 1 aliphatic heterocycles. The van der Waals surface area contributed by atoms with Gasteiger partial charge in [-0.2, -0.15) is 0 Å². The summed E-state index contributed by atoms with van der Waals surface area (Å²) in [5, 5.41) is 12.0. The average molecular weight is 388 g/mol. The van der Waals surface area contributed by atoms with Crippen molar-refractivity contribution in [1.29, 1.82) is 0 Å². The number of nitrogens with zero attached hydrogens (tertiary/aromatic N) is 1. The Morgan fingerprint density at radius 1 is 1.00 bits per heavy atom. The molecule has 1 unspecified atom stereocenters. The van der Waals surface area contributed by atoms with Gasteiger partial charge in [0.05, 0.1) is 35.1 Å². The van der Waals surface area contributed by atoms with Crippen molar-refractivity contribution in [3.05, 3.63) is 41.5 Å². The van der Waals surface area contributed by atoms with E-state index in [2.05, 4.69) is 19.6 Å². The number of carbonyl (C=O) groups is 1. The molecule has 0 spiro atoms. The highest BCUT2D eigenvalue weighted by Crippen LogP contribution is 2.44. The van der Waals surface area contributed by atoms with Gasteiger partial charge in [-0.15, -0.1) is 0 Å². The second-order valence-corrected chi connectivity index (χ2v) is 12.5. The molecular formula is C20H25NO5Si. The summed E-state index contributed by atoms with van der Waals surface area (Å²) in [4.78, 5) is 14.7. The summed E-state index contributed by atoms with van der Waals surface area (Å²) in [6, 6.07) is 9.04. The van der Waals surface area contributed by atoms with E-state index in [4.69, 9.17) is 14.2 Å². The lowest BCUT2D eigenvalue weighted by atomic mass is 10.1. The zero-order valence-electron chi connectivity index (χ0n) is 16.5. The summed E-state index contributed by atoms with van der Waals surface area (Å²) in [6.45, 7) is 6.55. The number of hydrogen-bond donors (Lipinski definition) is 1. The number of methoxy groups -OCH3 is 3. The van der Waals surface area contributed by atoms with Gasteiger partial charge in [-0.3, -0.25) is 9.69 Å². The Morgan fingerprint density at radius 3 is 2.07 bits per heavy atom. The lowest BCUT2D eigenvalue weighted by Gasteiger charge is -2.23. The number of rotatable bonds is 5. The molecule has 1 N–H and O–H groups in total.